The first-order chi connectivity index (χ1) is 11.1. The smallest absolute Gasteiger partial charge is 0.250 e. The summed E-state index contributed by atoms with van der Waals surface area (Å²) >= 11 is 13.2. The van der Waals surface area contributed by atoms with E-state index in [9.17, 15) is 4.79 Å². The highest BCUT2D eigenvalue weighted by molar-refractivity contribution is 7.15. The first-order valence-electron chi connectivity index (χ1n) is 7.01. The maximum absolute atomic E-state index is 11.9. The van der Waals surface area contributed by atoms with Crippen molar-refractivity contribution in [1.82, 2.24) is 10.2 Å². The van der Waals surface area contributed by atoms with E-state index in [1.807, 2.05) is 0 Å². The number of aromatic nitrogens is 2. The lowest BCUT2D eigenvalue weighted by molar-refractivity contribution is -0.111. The lowest BCUT2D eigenvalue weighted by Crippen LogP contribution is -2.07. The molecule has 2 heterocycles. The zero-order valence-corrected chi connectivity index (χ0v) is 14.3. The molecule has 1 fully saturated rings. The first kappa shape index (κ1) is 16.4. The maximum Gasteiger partial charge on any atom is 0.250 e. The van der Waals surface area contributed by atoms with Crippen molar-refractivity contribution in [3.05, 3.63) is 44.9 Å². The first-order valence-corrected chi connectivity index (χ1v) is 8.58. The van der Waals surface area contributed by atoms with Crippen molar-refractivity contribution in [2.45, 2.75) is 18.9 Å². The van der Waals surface area contributed by atoms with E-state index in [0.717, 1.165) is 24.5 Å². The number of ether oxygens (including phenoxy) is 1. The van der Waals surface area contributed by atoms with E-state index < -0.39 is 0 Å². The molecule has 1 N–H and O–H groups in total. The Kier molecular flexibility index (Phi) is 5.27. The van der Waals surface area contributed by atoms with Gasteiger partial charge < -0.3 is 4.74 Å². The zero-order chi connectivity index (χ0) is 16.2. The second kappa shape index (κ2) is 7.40. The average Bonchev–Trinajstić information content (AvgIpc) is 3.17. The molecule has 0 spiro atoms. The molecule has 8 heteroatoms. The van der Waals surface area contributed by atoms with Crippen LogP contribution < -0.4 is 5.32 Å². The predicted octanol–water partition coefficient (Wildman–Crippen LogP) is 4.35. The number of hydrogen-bond acceptors (Lipinski definition) is 5. The summed E-state index contributed by atoms with van der Waals surface area (Å²) < 4.78 is 5.54. The second-order valence-corrected chi connectivity index (χ2v) is 6.79. The number of carbonyl (C=O) groups is 1. The second-order valence-electron chi connectivity index (χ2n) is 4.94. The third-order valence-corrected chi connectivity index (χ3v) is 4.75. The quantitative estimate of drug-likeness (QED) is 0.813. The molecule has 1 saturated heterocycles. The molecule has 3 rings (SSSR count). The Morgan fingerprint density at radius 2 is 2.26 bits per heavy atom. The van der Waals surface area contributed by atoms with Crippen LogP contribution in [0.3, 0.4) is 0 Å². The summed E-state index contributed by atoms with van der Waals surface area (Å²) in [7, 11) is 0. The minimum atomic E-state index is -0.300. The molecule has 0 bridgehead atoms. The van der Waals surface area contributed by atoms with E-state index in [1.165, 1.54) is 17.4 Å². The van der Waals surface area contributed by atoms with Crippen LogP contribution in [0.15, 0.2) is 24.3 Å². The average molecular weight is 370 g/mol. The van der Waals surface area contributed by atoms with Crippen LogP contribution in [0.25, 0.3) is 6.08 Å². The van der Waals surface area contributed by atoms with Crippen LogP contribution in [0.2, 0.25) is 10.0 Å². The van der Waals surface area contributed by atoms with Crippen molar-refractivity contribution < 1.29 is 9.53 Å². The van der Waals surface area contributed by atoms with Crippen LogP contribution in [0.1, 0.15) is 29.5 Å². The molecule has 1 aromatic heterocycles. The molecular formula is C15H13Cl2N3O2S. The highest BCUT2D eigenvalue weighted by Crippen LogP contribution is 2.31. The molecule has 23 heavy (non-hydrogen) atoms. The summed E-state index contributed by atoms with van der Waals surface area (Å²) in [5, 5.41) is 13.0. The molecule has 1 unspecified atom stereocenters. The van der Waals surface area contributed by atoms with Crippen LogP contribution in [-0.4, -0.2) is 22.7 Å². The molecule has 0 radical (unpaired) electrons. The van der Waals surface area contributed by atoms with Gasteiger partial charge in [-0.15, -0.1) is 10.2 Å². The summed E-state index contributed by atoms with van der Waals surface area (Å²) in [4.78, 5) is 11.9. The number of amides is 1. The fourth-order valence-corrected chi connectivity index (χ4v) is 3.44. The van der Waals surface area contributed by atoms with Gasteiger partial charge in [0, 0.05) is 22.7 Å². The van der Waals surface area contributed by atoms with Gasteiger partial charge in [-0.05, 0) is 36.6 Å². The van der Waals surface area contributed by atoms with Crippen molar-refractivity contribution >= 4 is 51.7 Å². The minimum absolute atomic E-state index is 0.00145. The Balaban J connectivity index is 1.61. The van der Waals surface area contributed by atoms with Crippen LogP contribution in [-0.2, 0) is 9.53 Å². The van der Waals surface area contributed by atoms with E-state index in [-0.39, 0.29) is 12.0 Å². The summed E-state index contributed by atoms with van der Waals surface area (Å²) in [5.74, 6) is -0.300. The van der Waals surface area contributed by atoms with Gasteiger partial charge in [0.05, 0.1) is 0 Å². The van der Waals surface area contributed by atoms with E-state index in [0.29, 0.717) is 20.7 Å². The highest BCUT2D eigenvalue weighted by atomic mass is 35.5. The minimum Gasteiger partial charge on any atom is -0.371 e. The third kappa shape index (κ3) is 4.29. The Bertz CT molecular complexity index is 742. The van der Waals surface area contributed by atoms with Crippen molar-refractivity contribution in [3.8, 4) is 0 Å². The van der Waals surface area contributed by atoms with Gasteiger partial charge in [-0.1, -0.05) is 40.6 Å². The standard InChI is InChI=1S/C15H13Cl2N3O2S/c16-10-5-3-9(11(17)8-10)4-6-13(21)18-15-20-19-14(23-15)12-2-1-7-22-12/h3-6,8,12H,1-2,7H2,(H,18,20,21)/b6-4+. The number of halogens is 2. The summed E-state index contributed by atoms with van der Waals surface area (Å²) in [6.45, 7) is 0.747. The zero-order valence-electron chi connectivity index (χ0n) is 12.0. The van der Waals surface area contributed by atoms with Crippen LogP contribution >= 0.6 is 34.5 Å². The number of nitrogens with one attached hydrogen (secondary N) is 1. The molecule has 2 aromatic rings. The Hall–Kier alpha value is -1.47. The number of rotatable bonds is 4. The van der Waals surface area contributed by atoms with Gasteiger partial charge in [0.25, 0.3) is 0 Å². The highest BCUT2D eigenvalue weighted by Gasteiger charge is 2.22. The fourth-order valence-electron chi connectivity index (χ4n) is 2.14. The van der Waals surface area contributed by atoms with Crippen molar-refractivity contribution in [2.75, 3.05) is 11.9 Å². The molecule has 1 aliphatic heterocycles. The monoisotopic (exact) mass is 369 g/mol. The van der Waals surface area contributed by atoms with E-state index in [2.05, 4.69) is 15.5 Å². The molecule has 1 amide bonds. The van der Waals surface area contributed by atoms with Crippen LogP contribution in [0, 0.1) is 0 Å². The number of anilines is 1. The third-order valence-electron chi connectivity index (χ3n) is 3.25. The summed E-state index contributed by atoms with van der Waals surface area (Å²) in [5.41, 5.74) is 0.712. The predicted molar refractivity (Wildman–Crippen MR) is 92.0 cm³/mol. The molecule has 1 aromatic carbocycles. The van der Waals surface area contributed by atoms with Crippen molar-refractivity contribution in [2.24, 2.45) is 0 Å². The van der Waals surface area contributed by atoms with Gasteiger partial charge in [-0.3, -0.25) is 10.1 Å². The van der Waals surface area contributed by atoms with E-state index in [1.54, 1.807) is 24.3 Å². The molecule has 120 valence electrons. The molecule has 1 aliphatic rings. The van der Waals surface area contributed by atoms with Crippen molar-refractivity contribution in [3.63, 3.8) is 0 Å². The molecule has 1 atom stereocenters. The SMILES string of the molecule is O=C(/C=C/c1ccc(Cl)cc1Cl)Nc1nnc(C2CCCO2)s1. The largest absolute Gasteiger partial charge is 0.371 e. The summed E-state index contributed by atoms with van der Waals surface area (Å²) in [6.07, 6.45) is 4.98. The Labute approximate surface area is 147 Å². The van der Waals surface area contributed by atoms with Gasteiger partial charge in [0.2, 0.25) is 11.0 Å². The normalized spacial score (nSPS) is 17.7. The van der Waals surface area contributed by atoms with Gasteiger partial charge in [-0.25, -0.2) is 0 Å². The van der Waals surface area contributed by atoms with Crippen molar-refractivity contribution in [1.29, 1.82) is 0 Å². The summed E-state index contributed by atoms with van der Waals surface area (Å²) in [6, 6.07) is 5.08. The van der Waals surface area contributed by atoms with Crippen LogP contribution in [0.5, 0.6) is 0 Å². The molecule has 0 aliphatic carbocycles. The van der Waals surface area contributed by atoms with Gasteiger partial charge in [0.1, 0.15) is 11.1 Å². The van der Waals surface area contributed by atoms with Gasteiger partial charge in [-0.2, -0.15) is 0 Å². The fraction of sp³-hybridized carbons (Fsp3) is 0.267. The van der Waals surface area contributed by atoms with E-state index >= 15 is 0 Å². The number of carbonyl (C=O) groups excluding carboxylic acids is 1. The van der Waals surface area contributed by atoms with Crippen LogP contribution in [0.4, 0.5) is 5.13 Å². The lowest BCUT2D eigenvalue weighted by Gasteiger charge is -2.02. The van der Waals surface area contributed by atoms with E-state index in [4.69, 9.17) is 27.9 Å². The number of nitrogens with zero attached hydrogens (tertiary/aromatic N) is 2. The lowest BCUT2D eigenvalue weighted by atomic mass is 10.2. The molecular weight excluding hydrogens is 357 g/mol. The number of benzene rings is 1. The number of hydrogen-bond donors (Lipinski definition) is 1. The molecule has 5 nitrogen and oxygen atoms in total. The maximum atomic E-state index is 11.9. The molecule has 0 saturated carbocycles. The van der Waals surface area contributed by atoms with Gasteiger partial charge in [0.15, 0.2) is 0 Å². The Morgan fingerprint density at radius 3 is 3.00 bits per heavy atom. The van der Waals surface area contributed by atoms with Gasteiger partial charge >= 0.3 is 0 Å². The topological polar surface area (TPSA) is 64.1 Å². The Morgan fingerprint density at radius 1 is 1.39 bits per heavy atom.